The fourth-order valence-corrected chi connectivity index (χ4v) is 30.5. The van der Waals surface area contributed by atoms with E-state index in [9.17, 15) is 0 Å². The first-order valence-electron chi connectivity index (χ1n) is 37.6. The van der Waals surface area contributed by atoms with Gasteiger partial charge in [0.25, 0.3) is 8.32 Å². The zero-order valence-electron chi connectivity index (χ0n) is 65.1. The normalized spacial score (nSPS) is 23.9. The van der Waals surface area contributed by atoms with Crippen molar-refractivity contribution in [3.8, 4) is 0 Å². The third-order valence-electron chi connectivity index (χ3n) is 23.9. The summed E-state index contributed by atoms with van der Waals surface area (Å²) in [6.07, 6.45) is 5.92. The molecule has 10 nitrogen and oxygen atoms in total. The second-order valence-corrected chi connectivity index (χ2v) is 60.6. The van der Waals surface area contributed by atoms with Crippen molar-refractivity contribution in [3.05, 3.63) is 121 Å². The van der Waals surface area contributed by atoms with E-state index in [0.29, 0.717) is 39.1 Å². The smallest absolute Gasteiger partial charge is 0.261 e. The Morgan fingerprint density at radius 2 is 1.07 bits per heavy atom. The average Bonchev–Trinajstić information content (AvgIpc) is 0.745. The van der Waals surface area contributed by atoms with E-state index in [2.05, 4.69) is 262 Å². The van der Waals surface area contributed by atoms with E-state index in [1.807, 2.05) is 13.2 Å². The zero-order valence-corrected chi connectivity index (χ0v) is 71.1. The first-order valence-corrected chi connectivity index (χ1v) is 52.9. The van der Waals surface area contributed by atoms with Gasteiger partial charge in [0.1, 0.15) is 6.10 Å². The van der Waals surface area contributed by atoms with Gasteiger partial charge in [-0.25, -0.2) is 0 Å². The van der Waals surface area contributed by atoms with E-state index < -0.39 is 74.0 Å². The molecule has 0 aliphatic carbocycles. The quantitative estimate of drug-likeness (QED) is 0.0312. The lowest BCUT2D eigenvalue weighted by atomic mass is 9.78. The number of hydrogen-bond acceptors (Lipinski definition) is 10. The van der Waals surface area contributed by atoms with Gasteiger partial charge in [0.05, 0.1) is 55.9 Å². The Bertz CT molecular complexity index is 2650. The predicted molar refractivity (Wildman–Crippen MR) is 418 cm³/mol. The highest BCUT2D eigenvalue weighted by Crippen LogP contribution is 2.51. The molecule has 0 radical (unpaired) electrons. The van der Waals surface area contributed by atoms with Crippen LogP contribution in [0.1, 0.15) is 183 Å². The zero-order chi connectivity index (χ0) is 70.9. The van der Waals surface area contributed by atoms with Crippen LogP contribution in [-0.4, -0.2) is 125 Å². The molecule has 0 unspecified atom stereocenters. The summed E-state index contributed by atoms with van der Waals surface area (Å²) >= 11 is 0. The molecule has 2 fully saturated rings. The maximum atomic E-state index is 8.28. The topological polar surface area (TPSA) is 92.3 Å². The van der Waals surface area contributed by atoms with Gasteiger partial charge in [-0.3, -0.25) is 0 Å². The SMILES string of the molecule is C=C(C[C@@H](/C=C/COCc1ccccc1)O[Si](C)(C)C(C)(C)C)C[C@H]1O[C@@H]([C@H](O[Si](CC)(CC)CC)[C@@]2(OC)C[C@H](O[Si](C)(C)C(C)(C)C)[C@@H](C)[C@@H](CCCCO[Si](c3ccccc3)(c3ccccc3)C(C)(C)C)O2)[C@H](C)[C@@H](O[Si](CC)(CC)CC)[C@@H]1O[Si](CC)(CC)CC. The van der Waals surface area contributed by atoms with Crippen molar-refractivity contribution in [2.75, 3.05) is 20.3 Å². The van der Waals surface area contributed by atoms with Crippen LogP contribution in [-0.2, 0) is 52.1 Å². The van der Waals surface area contributed by atoms with E-state index in [0.717, 1.165) is 84.8 Å². The van der Waals surface area contributed by atoms with Crippen molar-refractivity contribution in [1.29, 1.82) is 0 Å². The molecule has 0 N–H and O–H groups in total. The maximum Gasteiger partial charge on any atom is 0.261 e. The molecule has 2 heterocycles. The maximum absolute atomic E-state index is 8.28. The minimum Gasteiger partial charge on any atom is -0.413 e. The van der Waals surface area contributed by atoms with Gasteiger partial charge >= 0.3 is 0 Å². The summed E-state index contributed by atoms with van der Waals surface area (Å²) < 4.78 is 77.0. The number of rotatable bonds is 39. The fraction of sp³-hybridized carbons (Fsp3) is 0.722. The van der Waals surface area contributed by atoms with Gasteiger partial charge in [-0.05, 0) is 144 Å². The second kappa shape index (κ2) is 36.3. The summed E-state index contributed by atoms with van der Waals surface area (Å²) in [7, 11) is -12.7. The predicted octanol–water partition coefficient (Wildman–Crippen LogP) is 21.0. The minimum atomic E-state index is -2.75. The molecule has 2 saturated heterocycles. The molecule has 2 aliphatic rings. The third-order valence-corrected chi connectivity index (χ3v) is 51.8. The summed E-state index contributed by atoms with van der Waals surface area (Å²) in [5.74, 6) is -1.34. The lowest BCUT2D eigenvalue weighted by molar-refractivity contribution is -0.353. The van der Waals surface area contributed by atoms with E-state index in [1.165, 1.54) is 10.4 Å². The van der Waals surface area contributed by atoms with Crippen LogP contribution in [0.15, 0.2) is 115 Å². The van der Waals surface area contributed by atoms with Gasteiger partial charge in [0.15, 0.2) is 47.4 Å². The van der Waals surface area contributed by atoms with Crippen LogP contribution < -0.4 is 10.4 Å². The Morgan fingerprint density at radius 1 is 0.589 bits per heavy atom. The lowest BCUT2D eigenvalue weighted by Crippen LogP contribution is -2.70. The van der Waals surface area contributed by atoms with Crippen molar-refractivity contribution >= 4 is 60.3 Å². The fourth-order valence-electron chi connectivity index (χ4n) is 14.6. The number of unbranched alkanes of at least 4 members (excludes halogenated alkanes) is 1. The van der Waals surface area contributed by atoms with Gasteiger partial charge in [0, 0.05) is 32.0 Å². The number of benzene rings is 3. The Morgan fingerprint density at radius 3 is 1.54 bits per heavy atom. The Labute approximate surface area is 589 Å². The van der Waals surface area contributed by atoms with Crippen LogP contribution in [0.2, 0.25) is 95.7 Å². The van der Waals surface area contributed by atoms with Crippen LogP contribution in [0, 0.1) is 11.8 Å². The van der Waals surface area contributed by atoms with Crippen LogP contribution >= 0.6 is 0 Å². The summed E-state index contributed by atoms with van der Waals surface area (Å²) in [4.78, 5) is 0. The Kier molecular flexibility index (Phi) is 32.0. The Balaban J connectivity index is 1.70. The largest absolute Gasteiger partial charge is 0.413 e. The molecule has 16 heteroatoms. The highest BCUT2D eigenvalue weighted by Gasteiger charge is 2.62. The Hall–Kier alpha value is -1.96. The van der Waals surface area contributed by atoms with Gasteiger partial charge in [-0.15, -0.1) is 0 Å². The van der Waals surface area contributed by atoms with Gasteiger partial charge in [-0.1, -0.05) is 254 Å². The summed E-state index contributed by atoms with van der Waals surface area (Å²) in [6, 6.07) is 41.4. The van der Waals surface area contributed by atoms with Crippen LogP contribution in [0.4, 0.5) is 0 Å². The van der Waals surface area contributed by atoms with Crippen LogP contribution in [0.3, 0.4) is 0 Å². The van der Waals surface area contributed by atoms with Gasteiger partial charge in [-0.2, -0.15) is 0 Å². The highest BCUT2D eigenvalue weighted by atomic mass is 28.4. The molecule has 95 heavy (non-hydrogen) atoms. The molecule has 3 aromatic rings. The molecular formula is C79H140O10Si6. The average molecular weight is 1420 g/mol. The minimum absolute atomic E-state index is 0.000711. The molecular weight excluding hydrogens is 1280 g/mol. The van der Waals surface area contributed by atoms with Crippen molar-refractivity contribution in [2.24, 2.45) is 11.8 Å². The molecule has 0 bridgehead atoms. The molecule has 11 atom stereocenters. The number of ether oxygens (including phenoxy) is 4. The van der Waals surface area contributed by atoms with Crippen molar-refractivity contribution in [3.63, 3.8) is 0 Å². The summed E-state index contributed by atoms with van der Waals surface area (Å²) in [5, 5.41) is 2.45. The highest BCUT2D eigenvalue weighted by molar-refractivity contribution is 6.99. The van der Waals surface area contributed by atoms with E-state index in [4.69, 9.17) is 52.1 Å². The first-order chi connectivity index (χ1) is 44.6. The first kappa shape index (κ1) is 83.7. The van der Waals surface area contributed by atoms with Gasteiger partial charge in [0.2, 0.25) is 0 Å². The molecule has 0 spiro atoms. The standard InChI is InChI=1S/C79H140O10Si6/c1-27-92(28-2,29-3)87-72-64(12)73(83-70(74(72)88-93(30-4,31-5)32-6)59-62(10)58-66(85-90(23,24)76(13,14)15)50-47-56-81-61-65-48-39-36-40-49-65)75(89-94(33-7,34-8)35-9)79(80-22)60-71(86-91(25,26)77(16,17)18)63(11)69(84-79)55-45-46-57-82-95(78(19,20)21,67-51-41-37-42-52-67)68-53-43-38-44-54-68/h36-44,47-54,63-64,66,69-75H,10,27-35,45-46,55-61H2,1-9,11-26H3/b50-47+/t63-,64+,66+,69+,70+,71-,72+,73+,74+,75-,79+/m0/s1. The molecule has 2 aliphatic heterocycles. The van der Waals surface area contributed by atoms with Crippen molar-refractivity contribution in [2.45, 2.75) is 334 Å². The van der Waals surface area contributed by atoms with Crippen LogP contribution in [0.5, 0.6) is 0 Å². The number of hydrogen-bond donors (Lipinski definition) is 0. The second-order valence-electron chi connectivity index (χ2n) is 32.6. The molecule has 0 saturated carbocycles. The monoisotopic (exact) mass is 1420 g/mol. The molecule has 0 amide bonds. The molecule has 540 valence electrons. The molecule has 0 aromatic heterocycles. The van der Waals surface area contributed by atoms with E-state index in [1.54, 1.807) is 0 Å². The van der Waals surface area contributed by atoms with E-state index in [-0.39, 0.29) is 57.5 Å². The summed E-state index contributed by atoms with van der Waals surface area (Å²) in [6.45, 7) is 63.2. The number of methoxy groups -OCH3 is 1. The summed E-state index contributed by atoms with van der Waals surface area (Å²) in [5.41, 5.74) is 2.23. The van der Waals surface area contributed by atoms with Crippen molar-refractivity contribution in [1.82, 2.24) is 0 Å². The van der Waals surface area contributed by atoms with E-state index >= 15 is 0 Å². The lowest BCUT2D eigenvalue weighted by Gasteiger charge is -2.58. The third kappa shape index (κ3) is 20.9. The van der Waals surface area contributed by atoms with Crippen LogP contribution in [0.25, 0.3) is 0 Å². The van der Waals surface area contributed by atoms with Gasteiger partial charge < -0.3 is 45.5 Å². The molecule has 5 rings (SSSR count). The molecule has 3 aromatic carbocycles. The van der Waals surface area contributed by atoms with Crippen molar-refractivity contribution < 1.29 is 45.5 Å².